The number of rotatable bonds is 5. The number of Topliss-reactive ketones (excluding diaryl/α,β-unsaturated/α-hetero) is 1. The minimum Gasteiger partial charge on any atom is -0.464 e. The first kappa shape index (κ1) is 15.6. The number of ether oxygens (including phenoxy) is 2. The van der Waals surface area contributed by atoms with Crippen LogP contribution in [0.25, 0.3) is 0 Å². The van der Waals surface area contributed by atoms with Gasteiger partial charge in [0.2, 0.25) is 0 Å². The molecule has 0 aliphatic rings. The van der Waals surface area contributed by atoms with Crippen molar-refractivity contribution in [3.05, 3.63) is 0 Å². The lowest BCUT2D eigenvalue weighted by molar-refractivity contribution is -0.148. The molecule has 0 bridgehead atoms. The van der Waals surface area contributed by atoms with E-state index in [0.29, 0.717) is 19.6 Å². The van der Waals surface area contributed by atoms with Gasteiger partial charge in [-0.3, -0.25) is 0 Å². The van der Waals surface area contributed by atoms with Gasteiger partial charge in [0.25, 0.3) is 0 Å². The van der Waals surface area contributed by atoms with Crippen molar-refractivity contribution >= 4 is 11.8 Å². The second-order valence-corrected chi connectivity index (χ2v) is 2.50. The van der Waals surface area contributed by atoms with Crippen molar-refractivity contribution in [1.29, 1.82) is 0 Å². The summed E-state index contributed by atoms with van der Waals surface area (Å²) in [5.74, 6) is -0.0376. The summed E-state index contributed by atoms with van der Waals surface area (Å²) >= 11 is 0. The van der Waals surface area contributed by atoms with Crippen LogP contribution in [0.1, 0.15) is 34.1 Å². The van der Waals surface area contributed by atoms with E-state index in [1.165, 1.54) is 0 Å². The molecular formula is C10H20O4. The van der Waals surface area contributed by atoms with Crippen LogP contribution in [-0.2, 0) is 19.1 Å². The second-order valence-electron chi connectivity index (χ2n) is 2.50. The van der Waals surface area contributed by atoms with E-state index < -0.39 is 0 Å². The average Bonchev–Trinajstić information content (AvgIpc) is 2.16. The fourth-order valence-electron chi connectivity index (χ4n) is 0.388. The number of carbonyl (C=O) groups is 2. The maximum atomic E-state index is 10.5. The van der Waals surface area contributed by atoms with Crippen molar-refractivity contribution in [3.8, 4) is 0 Å². The van der Waals surface area contributed by atoms with Crippen LogP contribution < -0.4 is 0 Å². The largest absolute Gasteiger partial charge is 0.464 e. The van der Waals surface area contributed by atoms with Crippen molar-refractivity contribution in [2.24, 2.45) is 0 Å². The van der Waals surface area contributed by atoms with Gasteiger partial charge in [-0.15, -0.1) is 0 Å². The highest BCUT2D eigenvalue weighted by molar-refractivity contribution is 5.74. The van der Waals surface area contributed by atoms with E-state index in [1.807, 2.05) is 13.8 Å². The zero-order chi connectivity index (χ0) is 11.4. The maximum Gasteiger partial charge on any atom is 0.332 e. The molecule has 0 N–H and O–H groups in total. The topological polar surface area (TPSA) is 52.6 Å². The van der Waals surface area contributed by atoms with E-state index in [-0.39, 0.29) is 18.4 Å². The van der Waals surface area contributed by atoms with Gasteiger partial charge >= 0.3 is 5.97 Å². The lowest BCUT2D eigenvalue weighted by atomic mass is 10.4. The SMILES string of the molecule is CCC(C)=O.CCOCC(=O)OCC. The van der Waals surface area contributed by atoms with Crippen LogP contribution in [-0.4, -0.2) is 31.6 Å². The molecule has 4 nitrogen and oxygen atoms in total. The van der Waals surface area contributed by atoms with Crippen LogP contribution in [0.2, 0.25) is 0 Å². The molecule has 0 rings (SSSR count). The van der Waals surface area contributed by atoms with Crippen LogP contribution in [0.15, 0.2) is 0 Å². The fourth-order valence-corrected chi connectivity index (χ4v) is 0.388. The molecule has 0 saturated carbocycles. The highest BCUT2D eigenvalue weighted by Gasteiger charge is 1.97. The van der Waals surface area contributed by atoms with Crippen LogP contribution in [0.5, 0.6) is 0 Å². The molecule has 0 aromatic heterocycles. The zero-order valence-electron chi connectivity index (χ0n) is 9.46. The van der Waals surface area contributed by atoms with Gasteiger partial charge in [0.05, 0.1) is 6.61 Å². The van der Waals surface area contributed by atoms with Gasteiger partial charge in [0, 0.05) is 13.0 Å². The van der Waals surface area contributed by atoms with Crippen LogP contribution >= 0.6 is 0 Å². The van der Waals surface area contributed by atoms with Gasteiger partial charge in [-0.1, -0.05) is 6.92 Å². The van der Waals surface area contributed by atoms with Gasteiger partial charge in [-0.05, 0) is 20.8 Å². The summed E-state index contributed by atoms with van der Waals surface area (Å²) in [6, 6.07) is 0. The molecular weight excluding hydrogens is 184 g/mol. The van der Waals surface area contributed by atoms with Gasteiger partial charge in [0.15, 0.2) is 0 Å². The first-order valence-electron chi connectivity index (χ1n) is 4.81. The maximum absolute atomic E-state index is 10.5. The van der Waals surface area contributed by atoms with Crippen LogP contribution in [0, 0.1) is 0 Å². The number of ketones is 1. The Kier molecular flexibility index (Phi) is 13.5. The summed E-state index contributed by atoms with van der Waals surface area (Å²) in [4.78, 5) is 20.3. The summed E-state index contributed by atoms with van der Waals surface area (Å²) in [5, 5.41) is 0. The molecule has 0 fully saturated rings. The standard InChI is InChI=1S/C6H12O3.C4H8O/c1-3-8-5-6(7)9-4-2;1-3-4(2)5/h3-5H2,1-2H3;3H2,1-2H3. The van der Waals surface area contributed by atoms with Gasteiger partial charge in [-0.2, -0.15) is 0 Å². The van der Waals surface area contributed by atoms with Gasteiger partial charge in [0.1, 0.15) is 12.4 Å². The van der Waals surface area contributed by atoms with Crippen molar-refractivity contribution < 1.29 is 19.1 Å². The molecule has 0 radical (unpaired) electrons. The number of carbonyl (C=O) groups excluding carboxylic acids is 2. The van der Waals surface area contributed by atoms with Gasteiger partial charge in [-0.25, -0.2) is 4.79 Å². The molecule has 14 heavy (non-hydrogen) atoms. The minimum atomic E-state index is -0.292. The van der Waals surface area contributed by atoms with Gasteiger partial charge < -0.3 is 14.3 Å². The molecule has 0 amide bonds. The lowest BCUT2D eigenvalue weighted by Gasteiger charge is -1.99. The molecule has 0 saturated heterocycles. The summed E-state index contributed by atoms with van der Waals surface area (Å²) < 4.78 is 9.35. The Labute approximate surface area is 85.6 Å². The Balaban J connectivity index is 0. The molecule has 0 heterocycles. The third kappa shape index (κ3) is 17.3. The average molecular weight is 204 g/mol. The van der Waals surface area contributed by atoms with E-state index in [4.69, 9.17) is 4.74 Å². The highest BCUT2D eigenvalue weighted by Crippen LogP contribution is 1.79. The Morgan fingerprint density at radius 3 is 1.86 bits per heavy atom. The summed E-state index contributed by atoms with van der Waals surface area (Å²) in [5.41, 5.74) is 0. The minimum absolute atomic E-state index is 0.0737. The van der Waals surface area contributed by atoms with E-state index in [9.17, 15) is 9.59 Å². The summed E-state index contributed by atoms with van der Waals surface area (Å²) in [7, 11) is 0. The zero-order valence-corrected chi connectivity index (χ0v) is 9.46. The molecule has 0 aromatic rings. The van der Waals surface area contributed by atoms with Crippen molar-refractivity contribution in [2.75, 3.05) is 19.8 Å². The van der Waals surface area contributed by atoms with E-state index in [2.05, 4.69) is 4.74 Å². The molecule has 84 valence electrons. The monoisotopic (exact) mass is 204 g/mol. The van der Waals surface area contributed by atoms with Crippen LogP contribution in [0.3, 0.4) is 0 Å². The second kappa shape index (κ2) is 12.1. The number of hydrogen-bond donors (Lipinski definition) is 0. The molecule has 0 atom stereocenters. The predicted molar refractivity (Wildman–Crippen MR) is 54.1 cm³/mol. The summed E-state index contributed by atoms with van der Waals surface area (Å²) in [6.07, 6.45) is 0.667. The van der Waals surface area contributed by atoms with Crippen molar-refractivity contribution in [2.45, 2.75) is 34.1 Å². The Morgan fingerprint density at radius 2 is 1.57 bits per heavy atom. The smallest absolute Gasteiger partial charge is 0.332 e. The molecule has 4 heteroatoms. The van der Waals surface area contributed by atoms with E-state index in [0.717, 1.165) is 0 Å². The predicted octanol–water partition coefficient (Wildman–Crippen LogP) is 1.57. The first-order valence-corrected chi connectivity index (χ1v) is 4.81. The Bertz CT molecular complexity index is 154. The normalized spacial score (nSPS) is 8.57. The molecule has 0 aromatic carbocycles. The summed E-state index contributed by atoms with van der Waals surface area (Å²) in [6.45, 7) is 8.08. The Hall–Kier alpha value is -0.900. The number of hydrogen-bond acceptors (Lipinski definition) is 4. The Morgan fingerprint density at radius 1 is 1.07 bits per heavy atom. The van der Waals surface area contributed by atoms with Crippen molar-refractivity contribution in [1.82, 2.24) is 0 Å². The van der Waals surface area contributed by atoms with E-state index in [1.54, 1.807) is 13.8 Å². The van der Waals surface area contributed by atoms with Crippen molar-refractivity contribution in [3.63, 3.8) is 0 Å². The fraction of sp³-hybridized carbons (Fsp3) is 0.800. The van der Waals surface area contributed by atoms with E-state index >= 15 is 0 Å². The lowest BCUT2D eigenvalue weighted by Crippen LogP contribution is -2.11. The third-order valence-electron chi connectivity index (χ3n) is 1.23. The molecule has 0 unspecified atom stereocenters. The quantitative estimate of drug-likeness (QED) is 0.638. The molecule has 0 aliphatic carbocycles. The third-order valence-corrected chi connectivity index (χ3v) is 1.23. The highest BCUT2D eigenvalue weighted by atomic mass is 16.6. The first-order chi connectivity index (χ1) is 6.58. The number of esters is 1. The van der Waals surface area contributed by atoms with Crippen LogP contribution in [0.4, 0.5) is 0 Å². The molecule has 0 aliphatic heterocycles. The molecule has 0 spiro atoms.